The summed E-state index contributed by atoms with van der Waals surface area (Å²) in [6.07, 6.45) is 3.92. The van der Waals surface area contributed by atoms with Gasteiger partial charge in [0.05, 0.1) is 29.8 Å². The molecule has 1 aliphatic heterocycles. The lowest BCUT2D eigenvalue weighted by molar-refractivity contribution is 0.0459. The highest BCUT2D eigenvalue weighted by Crippen LogP contribution is 2.21. The van der Waals surface area contributed by atoms with Gasteiger partial charge in [-0.05, 0) is 38.8 Å². The van der Waals surface area contributed by atoms with Crippen LogP contribution >= 0.6 is 0 Å². The average molecular weight is 250 g/mol. The summed E-state index contributed by atoms with van der Waals surface area (Å²) in [4.78, 5) is 6.61. The summed E-state index contributed by atoms with van der Waals surface area (Å²) in [6, 6.07) is 3.94. The average Bonchev–Trinajstić information content (AvgIpc) is 2.40. The molecule has 1 saturated heterocycles. The van der Waals surface area contributed by atoms with Crippen LogP contribution in [0.4, 0.5) is 5.69 Å². The lowest BCUT2D eigenvalue weighted by atomic mass is 10.1. The van der Waals surface area contributed by atoms with Crippen molar-refractivity contribution in [2.45, 2.75) is 38.9 Å². The molecule has 0 spiro atoms. The van der Waals surface area contributed by atoms with Crippen molar-refractivity contribution in [3.05, 3.63) is 24.0 Å². The predicted octanol–water partition coefficient (Wildman–Crippen LogP) is 2.14. The van der Waals surface area contributed by atoms with Gasteiger partial charge < -0.3 is 14.7 Å². The van der Waals surface area contributed by atoms with Crippen LogP contribution < -0.4 is 4.90 Å². The van der Waals surface area contributed by atoms with E-state index in [1.807, 2.05) is 25.3 Å². The van der Waals surface area contributed by atoms with E-state index in [0.29, 0.717) is 6.10 Å². The van der Waals surface area contributed by atoms with E-state index in [-0.39, 0.29) is 0 Å². The summed E-state index contributed by atoms with van der Waals surface area (Å²) in [5.41, 5.74) is 1.86. The Morgan fingerprint density at radius 1 is 1.44 bits per heavy atom. The van der Waals surface area contributed by atoms with E-state index in [1.54, 1.807) is 6.92 Å². The van der Waals surface area contributed by atoms with E-state index >= 15 is 0 Å². The van der Waals surface area contributed by atoms with Crippen LogP contribution in [0, 0.1) is 0 Å². The van der Waals surface area contributed by atoms with Crippen molar-refractivity contribution in [2.75, 3.05) is 24.6 Å². The van der Waals surface area contributed by atoms with Crippen LogP contribution in [0.3, 0.4) is 0 Å². The molecule has 1 atom stereocenters. The van der Waals surface area contributed by atoms with Crippen LogP contribution in [0.1, 0.15) is 38.5 Å². The summed E-state index contributed by atoms with van der Waals surface area (Å²) in [5, 5.41) is 9.43. The summed E-state index contributed by atoms with van der Waals surface area (Å²) >= 11 is 0. The van der Waals surface area contributed by atoms with E-state index in [2.05, 4.69) is 9.88 Å². The molecule has 0 amide bonds. The number of pyridine rings is 1. The fourth-order valence-corrected chi connectivity index (χ4v) is 2.35. The Balaban J connectivity index is 1.93. The topological polar surface area (TPSA) is 45.6 Å². The van der Waals surface area contributed by atoms with Crippen molar-refractivity contribution in [1.29, 1.82) is 0 Å². The largest absolute Gasteiger partial charge is 0.387 e. The highest BCUT2D eigenvalue weighted by atomic mass is 16.5. The summed E-state index contributed by atoms with van der Waals surface area (Å²) in [6.45, 7) is 6.61. The lowest BCUT2D eigenvalue weighted by Gasteiger charge is -2.33. The summed E-state index contributed by atoms with van der Waals surface area (Å²) < 4.78 is 5.64. The van der Waals surface area contributed by atoms with Gasteiger partial charge in [0, 0.05) is 19.7 Å². The van der Waals surface area contributed by atoms with Gasteiger partial charge in [0.1, 0.15) is 0 Å². The van der Waals surface area contributed by atoms with E-state index in [0.717, 1.165) is 43.9 Å². The standard InChI is InChI=1S/C14H22N2O2/c1-3-18-13-6-8-16(9-7-13)12-4-5-14(11(2)17)15-10-12/h4-5,10-11,13,17H,3,6-9H2,1-2H3/t11-/m1/s1. The number of aliphatic hydroxyl groups excluding tert-OH is 1. The van der Waals surface area contributed by atoms with Gasteiger partial charge in [0.2, 0.25) is 0 Å². The first-order valence-corrected chi connectivity index (χ1v) is 6.71. The van der Waals surface area contributed by atoms with Crippen LogP contribution in [0.25, 0.3) is 0 Å². The molecule has 0 aromatic carbocycles. The van der Waals surface area contributed by atoms with Crippen molar-refractivity contribution < 1.29 is 9.84 Å². The normalized spacial score (nSPS) is 18.9. The predicted molar refractivity (Wildman–Crippen MR) is 71.7 cm³/mol. The molecular weight excluding hydrogens is 228 g/mol. The first-order valence-electron chi connectivity index (χ1n) is 6.71. The lowest BCUT2D eigenvalue weighted by Crippen LogP contribution is -2.37. The Kier molecular flexibility index (Phi) is 4.55. The van der Waals surface area contributed by atoms with Crippen LogP contribution in [0.15, 0.2) is 18.3 Å². The highest BCUT2D eigenvalue weighted by molar-refractivity contribution is 5.45. The Bertz CT molecular complexity index is 357. The molecule has 1 N–H and O–H groups in total. The number of anilines is 1. The zero-order chi connectivity index (χ0) is 13.0. The SMILES string of the molecule is CCOC1CCN(c2ccc([C@@H](C)O)nc2)CC1. The Morgan fingerprint density at radius 2 is 2.17 bits per heavy atom. The first-order chi connectivity index (χ1) is 8.70. The van der Waals surface area contributed by atoms with Gasteiger partial charge >= 0.3 is 0 Å². The number of aromatic nitrogens is 1. The van der Waals surface area contributed by atoms with Crippen LogP contribution in [0.5, 0.6) is 0 Å². The fourth-order valence-electron chi connectivity index (χ4n) is 2.35. The van der Waals surface area contributed by atoms with Gasteiger partial charge in [-0.3, -0.25) is 4.98 Å². The third kappa shape index (κ3) is 3.21. The summed E-state index contributed by atoms with van der Waals surface area (Å²) in [5.74, 6) is 0. The Labute approximate surface area is 109 Å². The highest BCUT2D eigenvalue weighted by Gasteiger charge is 2.19. The molecule has 18 heavy (non-hydrogen) atoms. The van der Waals surface area contributed by atoms with Gasteiger partial charge in [-0.15, -0.1) is 0 Å². The first kappa shape index (κ1) is 13.3. The molecular formula is C14H22N2O2. The van der Waals surface area contributed by atoms with E-state index in [1.165, 1.54) is 0 Å². The molecule has 0 aliphatic carbocycles. The summed E-state index contributed by atoms with van der Waals surface area (Å²) in [7, 11) is 0. The van der Waals surface area contributed by atoms with E-state index < -0.39 is 6.10 Å². The Morgan fingerprint density at radius 3 is 2.67 bits per heavy atom. The quantitative estimate of drug-likeness (QED) is 0.889. The maximum atomic E-state index is 9.43. The molecule has 1 aromatic heterocycles. The maximum absolute atomic E-state index is 9.43. The van der Waals surface area contributed by atoms with E-state index in [4.69, 9.17) is 4.74 Å². The van der Waals surface area contributed by atoms with Crippen LogP contribution in [0.2, 0.25) is 0 Å². The van der Waals surface area contributed by atoms with Crippen molar-refractivity contribution in [1.82, 2.24) is 4.98 Å². The molecule has 1 aromatic rings. The molecule has 2 rings (SSSR count). The number of piperidine rings is 1. The number of nitrogens with zero attached hydrogens (tertiary/aromatic N) is 2. The third-order valence-electron chi connectivity index (χ3n) is 3.41. The second-order valence-electron chi connectivity index (χ2n) is 4.76. The minimum absolute atomic E-state index is 0.413. The molecule has 0 bridgehead atoms. The molecule has 4 heteroatoms. The van der Waals surface area contributed by atoms with Crippen molar-refractivity contribution in [2.24, 2.45) is 0 Å². The van der Waals surface area contributed by atoms with Crippen molar-refractivity contribution in [3.8, 4) is 0 Å². The zero-order valence-electron chi connectivity index (χ0n) is 11.2. The number of rotatable bonds is 4. The van der Waals surface area contributed by atoms with Crippen LogP contribution in [-0.2, 0) is 4.74 Å². The molecule has 1 aliphatic rings. The van der Waals surface area contributed by atoms with Gasteiger partial charge in [-0.1, -0.05) is 0 Å². The van der Waals surface area contributed by atoms with Gasteiger partial charge in [-0.2, -0.15) is 0 Å². The van der Waals surface area contributed by atoms with Crippen molar-refractivity contribution in [3.63, 3.8) is 0 Å². The molecule has 0 radical (unpaired) electrons. The molecule has 1 fully saturated rings. The number of hydrogen-bond acceptors (Lipinski definition) is 4. The second-order valence-corrected chi connectivity index (χ2v) is 4.76. The van der Waals surface area contributed by atoms with Gasteiger partial charge in [0.25, 0.3) is 0 Å². The number of ether oxygens (including phenoxy) is 1. The molecule has 100 valence electrons. The minimum Gasteiger partial charge on any atom is -0.387 e. The van der Waals surface area contributed by atoms with Gasteiger partial charge in [-0.25, -0.2) is 0 Å². The number of hydrogen-bond donors (Lipinski definition) is 1. The fraction of sp³-hybridized carbons (Fsp3) is 0.643. The molecule has 0 unspecified atom stereocenters. The third-order valence-corrected chi connectivity index (χ3v) is 3.41. The molecule has 2 heterocycles. The van der Waals surface area contributed by atoms with Crippen molar-refractivity contribution >= 4 is 5.69 Å². The minimum atomic E-state index is -0.497. The maximum Gasteiger partial charge on any atom is 0.0931 e. The zero-order valence-corrected chi connectivity index (χ0v) is 11.2. The molecule has 0 saturated carbocycles. The van der Waals surface area contributed by atoms with E-state index in [9.17, 15) is 5.11 Å². The van der Waals surface area contributed by atoms with Crippen LogP contribution in [-0.4, -0.2) is 35.9 Å². The second kappa shape index (κ2) is 6.16. The Hall–Kier alpha value is -1.13. The smallest absolute Gasteiger partial charge is 0.0931 e. The molecule has 4 nitrogen and oxygen atoms in total. The monoisotopic (exact) mass is 250 g/mol. The van der Waals surface area contributed by atoms with Gasteiger partial charge in [0.15, 0.2) is 0 Å². The number of aliphatic hydroxyl groups is 1.